The molecule has 0 saturated carbocycles. The molecule has 112 valence electrons. The van der Waals surface area contributed by atoms with Crippen molar-refractivity contribution in [2.45, 2.75) is 33.6 Å². The Morgan fingerprint density at radius 2 is 1.79 bits per heavy atom. The zero-order valence-corrected chi connectivity index (χ0v) is 12.4. The first-order valence-corrected chi connectivity index (χ1v) is 6.31. The van der Waals surface area contributed by atoms with Crippen LogP contribution in [-0.4, -0.2) is 48.4 Å². The van der Waals surface area contributed by atoms with Crippen LogP contribution in [0.4, 0.5) is 0 Å². The van der Waals surface area contributed by atoms with Gasteiger partial charge in [0.25, 0.3) is 0 Å². The molecule has 0 aromatic rings. The van der Waals surface area contributed by atoms with E-state index in [-0.39, 0.29) is 10.6 Å². The van der Waals surface area contributed by atoms with Crippen LogP contribution < -0.4 is 10.4 Å². The summed E-state index contributed by atoms with van der Waals surface area (Å²) in [5.41, 5.74) is 0.534. The van der Waals surface area contributed by atoms with Crippen molar-refractivity contribution in [1.29, 1.82) is 0 Å². The summed E-state index contributed by atoms with van der Waals surface area (Å²) in [6.45, 7) is 10.2. The summed E-state index contributed by atoms with van der Waals surface area (Å²) < 4.78 is 0.0500. The summed E-state index contributed by atoms with van der Waals surface area (Å²) in [4.78, 5) is 20.0. The molecule has 0 rings (SSSR count). The molecule has 0 aliphatic carbocycles. The number of nitrogens with one attached hydrogen (secondary N) is 1. The lowest BCUT2D eigenvalue weighted by molar-refractivity contribution is -1.09. The number of hydrogen-bond donors (Lipinski definition) is 2. The topological polar surface area (TPSA) is 89.5 Å². The Balaban J connectivity index is 0. The van der Waals surface area contributed by atoms with Gasteiger partial charge in [0.2, 0.25) is 5.91 Å². The lowest BCUT2D eigenvalue weighted by Gasteiger charge is -2.23. The number of quaternary nitrogens is 1. The quantitative estimate of drug-likeness (QED) is 0.297. The first-order chi connectivity index (χ1) is 8.62. The van der Waals surface area contributed by atoms with Crippen LogP contribution in [-0.2, 0) is 9.59 Å². The fourth-order valence-corrected chi connectivity index (χ4v) is 1.09. The van der Waals surface area contributed by atoms with Crippen molar-refractivity contribution in [3.05, 3.63) is 12.2 Å². The van der Waals surface area contributed by atoms with Crippen LogP contribution in [0.15, 0.2) is 12.2 Å². The fourth-order valence-electron chi connectivity index (χ4n) is 1.09. The van der Waals surface area contributed by atoms with Crippen LogP contribution in [0, 0.1) is 0 Å². The van der Waals surface area contributed by atoms with Crippen LogP contribution >= 0.6 is 0 Å². The Morgan fingerprint density at radius 1 is 1.32 bits per heavy atom. The Bertz CT molecular complexity index is 297. The van der Waals surface area contributed by atoms with E-state index < -0.39 is 5.97 Å². The Hall–Kier alpha value is -1.40. The Morgan fingerprint density at radius 3 is 2.16 bits per heavy atom. The molecule has 19 heavy (non-hydrogen) atoms. The second kappa shape index (κ2) is 10.5. The molecule has 0 aromatic heterocycles. The standard InChI is InChI=1S/C11H22N2O2.C2H4O2/c1-5-13(4,15)9-7-6-8-12-11(14)10(2)3;1-2(3)4/h15H,2,5-9H2,1,3-4H3;1H3,(H,3,4). The average molecular weight is 274 g/mol. The van der Waals surface area contributed by atoms with Crippen molar-refractivity contribution >= 4 is 11.9 Å². The number of carbonyl (C=O) groups excluding carboxylic acids is 2. The van der Waals surface area contributed by atoms with Gasteiger partial charge in [-0.3, -0.25) is 4.79 Å². The zero-order valence-electron chi connectivity index (χ0n) is 12.4. The number of nitrogens with zero attached hydrogens (tertiary/aromatic N) is 1. The minimum Gasteiger partial charge on any atom is -0.550 e. The summed E-state index contributed by atoms with van der Waals surface area (Å²) in [5.74, 6) is -1.17. The van der Waals surface area contributed by atoms with E-state index in [1.165, 1.54) is 0 Å². The fraction of sp³-hybridized carbons (Fsp3) is 0.692. The molecule has 0 aromatic carbocycles. The van der Waals surface area contributed by atoms with Gasteiger partial charge in [-0.25, -0.2) is 5.21 Å². The molecule has 6 nitrogen and oxygen atoms in total. The number of carboxylic acid groups (broad SMARTS) is 1. The van der Waals surface area contributed by atoms with Crippen molar-refractivity contribution in [1.82, 2.24) is 5.32 Å². The van der Waals surface area contributed by atoms with Crippen LogP contribution in [0.3, 0.4) is 0 Å². The highest BCUT2D eigenvalue weighted by Gasteiger charge is 2.14. The molecule has 0 aliphatic heterocycles. The number of aliphatic carboxylic acids is 1. The number of hydrogen-bond acceptors (Lipinski definition) is 4. The van der Waals surface area contributed by atoms with Crippen molar-refractivity contribution in [3.63, 3.8) is 0 Å². The van der Waals surface area contributed by atoms with Gasteiger partial charge in [0, 0.05) is 24.5 Å². The van der Waals surface area contributed by atoms with Crippen molar-refractivity contribution in [2.24, 2.45) is 0 Å². The highest BCUT2D eigenvalue weighted by molar-refractivity contribution is 5.91. The van der Waals surface area contributed by atoms with Gasteiger partial charge in [-0.15, -0.1) is 0 Å². The van der Waals surface area contributed by atoms with Crippen molar-refractivity contribution in [3.8, 4) is 0 Å². The Kier molecular flexibility index (Phi) is 11.0. The summed E-state index contributed by atoms with van der Waals surface area (Å²) in [7, 11) is 1.78. The van der Waals surface area contributed by atoms with Gasteiger partial charge < -0.3 is 15.2 Å². The SMILES string of the molecule is C=C(C)C(=O)NCCCC[N+](C)(O)CC.CC(=O)[O-]. The van der Waals surface area contributed by atoms with E-state index in [1.807, 2.05) is 6.92 Å². The largest absolute Gasteiger partial charge is 0.550 e. The maximum absolute atomic E-state index is 11.1. The molecule has 2 N–H and O–H groups in total. The third-order valence-electron chi connectivity index (χ3n) is 2.42. The number of hydroxylamine groups is 3. The predicted octanol–water partition coefficient (Wildman–Crippen LogP) is 0.0708. The molecule has 0 heterocycles. The Labute approximate surface area is 115 Å². The van der Waals surface area contributed by atoms with Gasteiger partial charge in [-0.05, 0) is 27.2 Å². The molecule has 0 saturated heterocycles. The van der Waals surface area contributed by atoms with Crippen LogP contribution in [0.1, 0.15) is 33.6 Å². The lowest BCUT2D eigenvalue weighted by atomic mass is 10.2. The molecule has 0 fully saturated rings. The molecular formula is C13H26N2O4. The highest BCUT2D eigenvalue weighted by Crippen LogP contribution is 1.99. The van der Waals surface area contributed by atoms with Gasteiger partial charge in [0.05, 0.1) is 7.05 Å². The van der Waals surface area contributed by atoms with Gasteiger partial charge in [0.1, 0.15) is 13.1 Å². The van der Waals surface area contributed by atoms with Crippen LogP contribution in [0.5, 0.6) is 0 Å². The van der Waals surface area contributed by atoms with E-state index in [2.05, 4.69) is 11.9 Å². The number of carbonyl (C=O) groups is 2. The molecule has 1 unspecified atom stereocenters. The number of unbranched alkanes of at least 4 members (excludes halogenated alkanes) is 1. The second-order valence-corrected chi connectivity index (χ2v) is 4.61. The molecular weight excluding hydrogens is 248 g/mol. The highest BCUT2D eigenvalue weighted by atomic mass is 16.5. The van der Waals surface area contributed by atoms with Gasteiger partial charge in [0.15, 0.2) is 0 Å². The molecule has 0 bridgehead atoms. The van der Waals surface area contributed by atoms with Crippen LogP contribution in [0.25, 0.3) is 0 Å². The van der Waals surface area contributed by atoms with E-state index in [0.717, 1.165) is 26.3 Å². The first kappa shape index (κ1) is 19.9. The van der Waals surface area contributed by atoms with Crippen molar-refractivity contribution < 1.29 is 24.5 Å². The van der Waals surface area contributed by atoms with Gasteiger partial charge >= 0.3 is 0 Å². The average Bonchev–Trinajstić information content (AvgIpc) is 2.27. The summed E-state index contributed by atoms with van der Waals surface area (Å²) in [6, 6.07) is 0. The normalized spacial score (nSPS) is 12.7. The van der Waals surface area contributed by atoms with E-state index in [1.54, 1.807) is 14.0 Å². The second-order valence-electron chi connectivity index (χ2n) is 4.61. The molecule has 0 spiro atoms. The van der Waals surface area contributed by atoms with Gasteiger partial charge in [-0.1, -0.05) is 6.58 Å². The number of carboxylic acids is 1. The molecule has 0 aliphatic rings. The lowest BCUT2D eigenvalue weighted by Crippen LogP contribution is -2.41. The summed E-state index contributed by atoms with van der Waals surface area (Å²) in [5, 5.41) is 21.3. The summed E-state index contributed by atoms with van der Waals surface area (Å²) in [6.07, 6.45) is 1.78. The predicted molar refractivity (Wildman–Crippen MR) is 71.1 cm³/mol. The van der Waals surface area contributed by atoms with E-state index in [0.29, 0.717) is 18.7 Å². The third-order valence-corrected chi connectivity index (χ3v) is 2.42. The monoisotopic (exact) mass is 274 g/mol. The van der Waals surface area contributed by atoms with E-state index >= 15 is 0 Å². The van der Waals surface area contributed by atoms with E-state index in [9.17, 15) is 10.0 Å². The maximum atomic E-state index is 11.1. The number of rotatable bonds is 7. The third kappa shape index (κ3) is 16.6. The molecule has 1 amide bonds. The first-order valence-electron chi connectivity index (χ1n) is 6.31. The smallest absolute Gasteiger partial charge is 0.246 e. The summed E-state index contributed by atoms with van der Waals surface area (Å²) >= 11 is 0. The minimum atomic E-state index is -1.08. The molecule has 6 heteroatoms. The number of amides is 1. The molecule has 0 radical (unpaired) electrons. The maximum Gasteiger partial charge on any atom is 0.246 e. The zero-order chi connectivity index (χ0) is 15.5. The van der Waals surface area contributed by atoms with Crippen molar-refractivity contribution in [2.75, 3.05) is 26.7 Å². The minimum absolute atomic E-state index is 0.0500. The van der Waals surface area contributed by atoms with Gasteiger partial charge in [-0.2, -0.15) is 4.65 Å². The molecule has 1 atom stereocenters. The van der Waals surface area contributed by atoms with Crippen LogP contribution in [0.2, 0.25) is 0 Å². The van der Waals surface area contributed by atoms with E-state index in [4.69, 9.17) is 9.90 Å².